The monoisotopic (exact) mass is 471 g/mol. The Balaban J connectivity index is 1.80. The molecule has 0 amide bonds. The lowest BCUT2D eigenvalue weighted by molar-refractivity contribution is 0.203. The van der Waals surface area contributed by atoms with Gasteiger partial charge in [-0.1, -0.05) is 51.8 Å². The van der Waals surface area contributed by atoms with Crippen LogP contribution in [0, 0.1) is 0 Å². The molecule has 1 atom stereocenters. The fourth-order valence-electron chi connectivity index (χ4n) is 4.10. The summed E-state index contributed by atoms with van der Waals surface area (Å²) in [6.45, 7) is 1.80. The fraction of sp³-hybridized carbons (Fsp3) is 0.250. The van der Waals surface area contributed by atoms with E-state index in [1.807, 2.05) is 12.1 Å². The first-order valence-corrected chi connectivity index (χ1v) is 10.7. The van der Waals surface area contributed by atoms with E-state index in [2.05, 4.69) is 69.4 Å². The van der Waals surface area contributed by atoms with Crippen molar-refractivity contribution in [3.8, 4) is 11.5 Å². The van der Waals surface area contributed by atoms with Crippen molar-refractivity contribution in [3.05, 3.63) is 92.4 Å². The molecule has 29 heavy (non-hydrogen) atoms. The molecule has 3 nitrogen and oxygen atoms in total. The maximum absolute atomic E-state index is 6.36. The van der Waals surface area contributed by atoms with Gasteiger partial charge in [-0.2, -0.15) is 0 Å². The zero-order valence-corrected chi connectivity index (χ0v) is 18.8. The standard InChI is InChI=1S/C24H23BrClNO2/c1-28-22-13-17-9-10-27(15-16-5-3-7-19(25)11-16)24(21(17)14-23(22)29-2)18-6-4-8-20(26)12-18/h3-8,11-14,24H,9-10,15H2,1-2H3/t24-/m1/s1. The van der Waals surface area contributed by atoms with Crippen LogP contribution in [0.15, 0.2) is 65.1 Å². The number of benzene rings is 3. The highest BCUT2D eigenvalue weighted by Gasteiger charge is 2.30. The maximum atomic E-state index is 6.36. The molecular weight excluding hydrogens is 450 g/mol. The van der Waals surface area contributed by atoms with Gasteiger partial charge in [0.25, 0.3) is 0 Å². The van der Waals surface area contributed by atoms with Crippen molar-refractivity contribution in [2.24, 2.45) is 0 Å². The van der Waals surface area contributed by atoms with E-state index >= 15 is 0 Å². The number of hydrogen-bond donors (Lipinski definition) is 0. The summed E-state index contributed by atoms with van der Waals surface area (Å²) < 4.78 is 12.2. The van der Waals surface area contributed by atoms with Crippen LogP contribution in [0.5, 0.6) is 11.5 Å². The molecule has 1 heterocycles. The van der Waals surface area contributed by atoms with Crippen molar-refractivity contribution in [2.45, 2.75) is 19.0 Å². The summed E-state index contributed by atoms with van der Waals surface area (Å²) in [7, 11) is 3.36. The molecule has 0 saturated carbocycles. The van der Waals surface area contributed by atoms with Crippen molar-refractivity contribution in [3.63, 3.8) is 0 Å². The maximum Gasteiger partial charge on any atom is 0.161 e. The Kier molecular flexibility index (Phi) is 6.14. The van der Waals surface area contributed by atoms with Crippen molar-refractivity contribution in [2.75, 3.05) is 20.8 Å². The lowest BCUT2D eigenvalue weighted by Gasteiger charge is -2.38. The molecule has 1 aliphatic rings. The number of methoxy groups -OCH3 is 2. The third-order valence-corrected chi connectivity index (χ3v) is 6.14. The molecule has 3 aromatic carbocycles. The van der Waals surface area contributed by atoms with Crippen LogP contribution < -0.4 is 9.47 Å². The molecule has 150 valence electrons. The Morgan fingerprint density at radius 2 is 1.76 bits per heavy atom. The fourth-order valence-corrected chi connectivity index (χ4v) is 4.75. The van der Waals surface area contributed by atoms with Gasteiger partial charge in [0.2, 0.25) is 0 Å². The summed E-state index contributed by atoms with van der Waals surface area (Å²) in [5.74, 6) is 1.53. The molecule has 3 aromatic rings. The lowest BCUT2D eigenvalue weighted by Crippen LogP contribution is -2.35. The molecule has 1 aliphatic heterocycles. The summed E-state index contributed by atoms with van der Waals surface area (Å²) in [4.78, 5) is 2.50. The van der Waals surface area contributed by atoms with Gasteiger partial charge in [0, 0.05) is 22.6 Å². The van der Waals surface area contributed by atoms with E-state index < -0.39 is 0 Å². The first-order valence-electron chi connectivity index (χ1n) is 9.58. The predicted molar refractivity (Wildman–Crippen MR) is 121 cm³/mol. The second kappa shape index (κ2) is 8.78. The number of halogens is 2. The van der Waals surface area contributed by atoms with Gasteiger partial charge in [0.1, 0.15) is 0 Å². The molecule has 0 radical (unpaired) electrons. The highest BCUT2D eigenvalue weighted by molar-refractivity contribution is 9.10. The van der Waals surface area contributed by atoms with E-state index in [9.17, 15) is 0 Å². The minimum atomic E-state index is 0.0937. The lowest BCUT2D eigenvalue weighted by atomic mass is 9.87. The van der Waals surface area contributed by atoms with E-state index in [0.717, 1.165) is 40.5 Å². The van der Waals surface area contributed by atoms with Crippen LogP contribution in [0.2, 0.25) is 5.02 Å². The zero-order chi connectivity index (χ0) is 20.4. The van der Waals surface area contributed by atoms with E-state index in [4.69, 9.17) is 21.1 Å². The van der Waals surface area contributed by atoms with Gasteiger partial charge >= 0.3 is 0 Å². The van der Waals surface area contributed by atoms with E-state index in [-0.39, 0.29) is 6.04 Å². The van der Waals surface area contributed by atoms with Gasteiger partial charge < -0.3 is 9.47 Å². The number of rotatable bonds is 5. The minimum Gasteiger partial charge on any atom is -0.493 e. The topological polar surface area (TPSA) is 21.7 Å². The van der Waals surface area contributed by atoms with Crippen LogP contribution in [0.4, 0.5) is 0 Å². The molecule has 0 spiro atoms. The molecule has 0 aromatic heterocycles. The molecule has 5 heteroatoms. The zero-order valence-electron chi connectivity index (χ0n) is 16.5. The van der Waals surface area contributed by atoms with Crippen molar-refractivity contribution >= 4 is 27.5 Å². The predicted octanol–water partition coefficient (Wildman–Crippen LogP) is 6.27. The molecule has 0 fully saturated rings. The van der Waals surface area contributed by atoms with Gasteiger partial charge in [0.15, 0.2) is 11.5 Å². The van der Waals surface area contributed by atoms with E-state index in [1.165, 1.54) is 22.3 Å². The number of hydrogen-bond acceptors (Lipinski definition) is 3. The Morgan fingerprint density at radius 1 is 1.00 bits per heavy atom. The van der Waals surface area contributed by atoms with Gasteiger partial charge in [-0.25, -0.2) is 0 Å². The Hall–Kier alpha value is -2.01. The van der Waals surface area contributed by atoms with Gasteiger partial charge in [-0.3, -0.25) is 4.90 Å². The van der Waals surface area contributed by atoms with Gasteiger partial charge in [0.05, 0.1) is 20.3 Å². The highest BCUT2D eigenvalue weighted by Crippen LogP contribution is 2.42. The summed E-state index contributed by atoms with van der Waals surface area (Å²) >= 11 is 9.95. The Morgan fingerprint density at radius 3 is 2.48 bits per heavy atom. The normalized spacial score (nSPS) is 16.3. The van der Waals surface area contributed by atoms with Crippen LogP contribution in [0.3, 0.4) is 0 Å². The Bertz CT molecular complexity index is 1020. The SMILES string of the molecule is COc1cc2c(cc1OC)[C@@H](c1cccc(Cl)c1)N(Cc1cccc(Br)c1)CC2. The molecule has 0 aliphatic carbocycles. The Labute approximate surface area is 185 Å². The van der Waals surface area contributed by atoms with Gasteiger partial charge in [-0.05, 0) is 65.1 Å². The van der Waals surface area contributed by atoms with Crippen LogP contribution in [0.25, 0.3) is 0 Å². The summed E-state index contributed by atoms with van der Waals surface area (Å²) in [5.41, 5.74) is 4.99. The summed E-state index contributed by atoms with van der Waals surface area (Å²) in [6, 6.07) is 21.0. The van der Waals surface area contributed by atoms with E-state index in [0.29, 0.717) is 0 Å². The average molecular weight is 473 g/mol. The third-order valence-electron chi connectivity index (χ3n) is 5.41. The number of nitrogens with zero attached hydrogens (tertiary/aromatic N) is 1. The molecule has 4 rings (SSSR count). The van der Waals surface area contributed by atoms with Gasteiger partial charge in [-0.15, -0.1) is 0 Å². The molecule has 0 saturated heterocycles. The minimum absolute atomic E-state index is 0.0937. The smallest absolute Gasteiger partial charge is 0.161 e. The second-order valence-corrected chi connectivity index (χ2v) is 8.57. The highest BCUT2D eigenvalue weighted by atomic mass is 79.9. The van der Waals surface area contributed by atoms with E-state index in [1.54, 1.807) is 14.2 Å². The third kappa shape index (κ3) is 4.30. The number of fused-ring (bicyclic) bond motifs is 1. The molecular formula is C24H23BrClNO2. The first-order chi connectivity index (χ1) is 14.1. The largest absolute Gasteiger partial charge is 0.493 e. The van der Waals surface area contributed by atoms with Crippen LogP contribution in [-0.2, 0) is 13.0 Å². The van der Waals surface area contributed by atoms with Crippen LogP contribution in [0.1, 0.15) is 28.3 Å². The summed E-state index contributed by atoms with van der Waals surface area (Å²) in [6.07, 6.45) is 0.959. The summed E-state index contributed by atoms with van der Waals surface area (Å²) in [5, 5.41) is 0.748. The second-order valence-electron chi connectivity index (χ2n) is 7.21. The van der Waals surface area contributed by atoms with Crippen molar-refractivity contribution in [1.29, 1.82) is 0 Å². The average Bonchev–Trinajstić information content (AvgIpc) is 2.72. The molecule has 0 N–H and O–H groups in total. The number of ether oxygens (including phenoxy) is 2. The quantitative estimate of drug-likeness (QED) is 0.437. The van der Waals surface area contributed by atoms with Crippen molar-refractivity contribution < 1.29 is 9.47 Å². The molecule has 0 bridgehead atoms. The van der Waals surface area contributed by atoms with Crippen LogP contribution >= 0.6 is 27.5 Å². The van der Waals surface area contributed by atoms with Crippen molar-refractivity contribution in [1.82, 2.24) is 4.90 Å². The van der Waals surface area contributed by atoms with Crippen LogP contribution in [-0.4, -0.2) is 25.7 Å². The molecule has 0 unspecified atom stereocenters. The first kappa shape index (κ1) is 20.3.